The summed E-state index contributed by atoms with van der Waals surface area (Å²) in [5, 5.41) is 5.63. The summed E-state index contributed by atoms with van der Waals surface area (Å²) in [4.78, 5) is 38.8. The van der Waals surface area contributed by atoms with Crippen LogP contribution in [0.3, 0.4) is 0 Å². The minimum Gasteiger partial charge on any atom is -0.376 e. The zero-order chi connectivity index (χ0) is 28.6. The number of nitrogens with zero attached hydrogens (tertiary/aromatic N) is 7. The lowest BCUT2D eigenvalue weighted by Crippen LogP contribution is -2.46. The molecule has 2 fully saturated rings. The van der Waals surface area contributed by atoms with E-state index < -0.39 is 11.6 Å². The molecule has 2 aliphatic rings. The number of fused-ring (bicyclic) bond motifs is 2. The summed E-state index contributed by atoms with van der Waals surface area (Å²) in [5.74, 6) is 0.979. The van der Waals surface area contributed by atoms with E-state index in [0.717, 1.165) is 72.9 Å². The van der Waals surface area contributed by atoms with Crippen LogP contribution in [0.25, 0.3) is 22.1 Å². The molecule has 0 N–H and O–H groups in total. The van der Waals surface area contributed by atoms with Gasteiger partial charge in [-0.2, -0.15) is 5.10 Å². The maximum atomic E-state index is 12.4. The van der Waals surface area contributed by atoms with Crippen molar-refractivity contribution in [3.8, 4) is 0 Å². The third-order valence-corrected chi connectivity index (χ3v) is 8.30. The molecular weight excluding hydrogens is 530 g/mol. The second kappa shape index (κ2) is 11.1. The molecule has 0 aliphatic carbocycles. The summed E-state index contributed by atoms with van der Waals surface area (Å²) in [6.07, 6.45) is 3.03. The third kappa shape index (κ3) is 5.19. The standard InChI is InChI=1S/C32H33N7O3/c1-22(40)31(41)24-7-9-27-28(17-24)38(20-26-11-16-42-26)30(34-27)21-36-12-14-37(15-13-36)29-10-8-25-18-33-39(32(25)35-29)19-23-5-3-2-4-6-23/h2-10,17-18,26H,11-16,19-21H2,1H3. The van der Waals surface area contributed by atoms with E-state index in [-0.39, 0.29) is 6.10 Å². The Hall–Kier alpha value is -4.41. The van der Waals surface area contributed by atoms with Crippen molar-refractivity contribution < 1.29 is 14.3 Å². The molecule has 5 aromatic rings. The Morgan fingerprint density at radius 2 is 1.76 bits per heavy atom. The predicted molar refractivity (Wildman–Crippen MR) is 160 cm³/mol. The van der Waals surface area contributed by atoms with E-state index in [9.17, 15) is 9.59 Å². The average molecular weight is 564 g/mol. The van der Waals surface area contributed by atoms with Gasteiger partial charge in [0.2, 0.25) is 5.78 Å². The van der Waals surface area contributed by atoms with Crippen LogP contribution in [0.4, 0.5) is 5.82 Å². The molecule has 0 saturated carbocycles. The molecule has 0 amide bonds. The minimum absolute atomic E-state index is 0.140. The first-order chi connectivity index (χ1) is 20.5. The summed E-state index contributed by atoms with van der Waals surface area (Å²) in [5.41, 5.74) is 4.19. The van der Waals surface area contributed by atoms with Gasteiger partial charge in [0.1, 0.15) is 11.6 Å². The maximum Gasteiger partial charge on any atom is 0.228 e. The van der Waals surface area contributed by atoms with E-state index in [4.69, 9.17) is 14.7 Å². The molecule has 1 atom stereocenters. The zero-order valence-electron chi connectivity index (χ0n) is 23.6. The number of ether oxygens (including phenoxy) is 1. The number of benzene rings is 2. The number of carbonyl (C=O) groups is 2. The van der Waals surface area contributed by atoms with Gasteiger partial charge in [-0.15, -0.1) is 0 Å². The van der Waals surface area contributed by atoms with Crippen LogP contribution in [-0.4, -0.2) is 79.7 Å². The number of carbonyl (C=O) groups excluding carboxylic acids is 2. The van der Waals surface area contributed by atoms with E-state index in [1.165, 1.54) is 12.5 Å². The molecule has 7 rings (SSSR count). The van der Waals surface area contributed by atoms with E-state index in [2.05, 4.69) is 43.7 Å². The van der Waals surface area contributed by atoms with Crippen LogP contribution in [0.5, 0.6) is 0 Å². The molecule has 1 unspecified atom stereocenters. The molecule has 42 heavy (non-hydrogen) atoms. The third-order valence-electron chi connectivity index (χ3n) is 8.30. The van der Waals surface area contributed by atoms with Crippen molar-refractivity contribution in [1.82, 2.24) is 29.2 Å². The van der Waals surface area contributed by atoms with E-state index >= 15 is 0 Å². The molecule has 2 aromatic carbocycles. The summed E-state index contributed by atoms with van der Waals surface area (Å²) >= 11 is 0. The first-order valence-electron chi connectivity index (χ1n) is 14.5. The zero-order valence-corrected chi connectivity index (χ0v) is 23.6. The molecule has 3 aromatic heterocycles. The molecule has 5 heterocycles. The molecule has 0 radical (unpaired) electrons. The van der Waals surface area contributed by atoms with E-state index in [1.807, 2.05) is 35.1 Å². The molecule has 10 heteroatoms. The molecule has 214 valence electrons. The van der Waals surface area contributed by atoms with E-state index in [1.54, 1.807) is 12.1 Å². The number of aromatic nitrogens is 5. The van der Waals surface area contributed by atoms with Gasteiger partial charge in [0.15, 0.2) is 11.4 Å². The van der Waals surface area contributed by atoms with Crippen molar-refractivity contribution >= 4 is 39.5 Å². The summed E-state index contributed by atoms with van der Waals surface area (Å²) < 4.78 is 9.88. The number of ketones is 2. The van der Waals surface area contributed by atoms with E-state index in [0.29, 0.717) is 25.2 Å². The highest BCUT2D eigenvalue weighted by molar-refractivity contribution is 6.43. The van der Waals surface area contributed by atoms with Crippen LogP contribution >= 0.6 is 0 Å². The van der Waals surface area contributed by atoms with Crippen molar-refractivity contribution in [3.63, 3.8) is 0 Å². The number of anilines is 1. The fourth-order valence-corrected chi connectivity index (χ4v) is 5.80. The van der Waals surface area contributed by atoms with Crippen molar-refractivity contribution in [2.45, 2.75) is 39.1 Å². The second-order valence-corrected chi connectivity index (χ2v) is 11.1. The van der Waals surface area contributed by atoms with Crippen LogP contribution in [-0.2, 0) is 29.2 Å². The Morgan fingerprint density at radius 1 is 0.952 bits per heavy atom. The monoisotopic (exact) mass is 563 g/mol. The first kappa shape index (κ1) is 26.5. The molecule has 0 bridgehead atoms. The Bertz CT molecular complexity index is 1770. The average Bonchev–Trinajstić information content (AvgIpc) is 3.55. The van der Waals surface area contributed by atoms with Crippen molar-refractivity contribution in [2.75, 3.05) is 37.7 Å². The van der Waals surface area contributed by atoms with Crippen LogP contribution in [0, 0.1) is 0 Å². The quantitative estimate of drug-likeness (QED) is 0.198. The molecule has 10 nitrogen and oxygen atoms in total. The number of hydrogen-bond donors (Lipinski definition) is 0. The summed E-state index contributed by atoms with van der Waals surface area (Å²) in [6, 6.07) is 19.9. The highest BCUT2D eigenvalue weighted by Gasteiger charge is 2.25. The smallest absolute Gasteiger partial charge is 0.228 e. The number of rotatable bonds is 9. The fourth-order valence-electron chi connectivity index (χ4n) is 5.80. The van der Waals surface area contributed by atoms with Crippen LogP contribution in [0.2, 0.25) is 0 Å². The Labute approximate surface area is 243 Å². The lowest BCUT2D eigenvalue weighted by atomic mass is 10.1. The summed E-state index contributed by atoms with van der Waals surface area (Å²) in [7, 11) is 0. The number of pyridine rings is 1. The number of hydrogen-bond acceptors (Lipinski definition) is 8. The second-order valence-electron chi connectivity index (χ2n) is 11.1. The number of imidazole rings is 1. The highest BCUT2D eigenvalue weighted by atomic mass is 16.5. The van der Waals surface area contributed by atoms with Crippen molar-refractivity contribution in [3.05, 3.63) is 83.8 Å². The lowest BCUT2D eigenvalue weighted by Gasteiger charge is -2.35. The Morgan fingerprint density at radius 3 is 2.50 bits per heavy atom. The van der Waals surface area contributed by atoms with Crippen LogP contribution < -0.4 is 4.90 Å². The Kier molecular flexibility index (Phi) is 7.01. The van der Waals surface area contributed by atoms with Gasteiger partial charge in [0, 0.05) is 50.7 Å². The van der Waals surface area contributed by atoms with Gasteiger partial charge in [-0.25, -0.2) is 14.6 Å². The number of Topliss-reactive ketones (excluding diaryl/α,β-unsaturated/α-hetero) is 2. The van der Waals surface area contributed by atoms with Gasteiger partial charge < -0.3 is 14.2 Å². The van der Waals surface area contributed by atoms with Crippen LogP contribution in [0.1, 0.15) is 35.1 Å². The largest absolute Gasteiger partial charge is 0.376 e. The van der Waals surface area contributed by atoms with Crippen molar-refractivity contribution in [1.29, 1.82) is 0 Å². The maximum absolute atomic E-state index is 12.4. The normalized spacial score (nSPS) is 17.5. The molecule has 2 aliphatic heterocycles. The number of piperazine rings is 1. The van der Waals surface area contributed by atoms with Gasteiger partial charge in [-0.05, 0) is 42.3 Å². The lowest BCUT2D eigenvalue weighted by molar-refractivity contribution is -0.113. The SMILES string of the molecule is CC(=O)C(=O)c1ccc2nc(CN3CCN(c4ccc5cnn(Cc6ccccc6)c5n4)CC3)n(CC3CCO3)c2c1. The molecule has 2 saturated heterocycles. The molecule has 0 spiro atoms. The Balaban J connectivity index is 1.07. The fraction of sp³-hybridized carbons (Fsp3) is 0.344. The summed E-state index contributed by atoms with van der Waals surface area (Å²) in [6.45, 7) is 7.61. The predicted octanol–water partition coefficient (Wildman–Crippen LogP) is 3.71. The van der Waals surface area contributed by atoms with Gasteiger partial charge in [0.05, 0.1) is 43.0 Å². The molecular formula is C32H33N7O3. The van der Waals surface area contributed by atoms with Crippen molar-refractivity contribution in [2.24, 2.45) is 0 Å². The van der Waals surface area contributed by atoms with Crippen LogP contribution in [0.15, 0.2) is 66.9 Å². The van der Waals surface area contributed by atoms with Gasteiger partial charge >= 0.3 is 0 Å². The van der Waals surface area contributed by atoms with Gasteiger partial charge in [-0.1, -0.05) is 30.3 Å². The first-order valence-corrected chi connectivity index (χ1v) is 14.5. The van der Waals surface area contributed by atoms with Gasteiger partial charge in [-0.3, -0.25) is 14.5 Å². The van der Waals surface area contributed by atoms with Gasteiger partial charge in [0.25, 0.3) is 0 Å². The highest BCUT2D eigenvalue weighted by Crippen LogP contribution is 2.25. The minimum atomic E-state index is -0.475. The topological polar surface area (TPSA) is 98.4 Å².